The van der Waals surface area contributed by atoms with E-state index >= 15 is 0 Å². The molecular weight excluding hydrogens is 246 g/mol. The molecule has 1 aromatic carbocycles. The van der Waals surface area contributed by atoms with Crippen molar-refractivity contribution < 1.29 is 9.84 Å². The van der Waals surface area contributed by atoms with E-state index in [0.29, 0.717) is 5.75 Å². The van der Waals surface area contributed by atoms with E-state index in [1.54, 1.807) is 7.11 Å². The highest BCUT2D eigenvalue weighted by Gasteiger charge is 2.15. The van der Waals surface area contributed by atoms with Gasteiger partial charge in [0.15, 0.2) is 0 Å². The Morgan fingerprint density at radius 3 is 2.71 bits per heavy atom. The summed E-state index contributed by atoms with van der Waals surface area (Å²) in [7, 11) is 1.59. The highest BCUT2D eigenvalue weighted by atomic mass is 79.9. The third-order valence-electron chi connectivity index (χ3n) is 2.02. The van der Waals surface area contributed by atoms with Crippen molar-refractivity contribution in [1.82, 2.24) is 0 Å². The molecule has 1 unspecified atom stereocenters. The van der Waals surface area contributed by atoms with E-state index in [-0.39, 0.29) is 6.61 Å². The fourth-order valence-electron chi connectivity index (χ4n) is 1.34. The molecule has 0 saturated heterocycles. The normalized spacial score (nSPS) is 12.6. The highest BCUT2D eigenvalue weighted by molar-refractivity contribution is 9.10. The molecule has 0 aliphatic rings. The Hall–Kier alpha value is -0.580. The fourth-order valence-corrected chi connectivity index (χ4v) is 2.19. The summed E-state index contributed by atoms with van der Waals surface area (Å²) in [5, 5.41) is 9.00. The molecule has 1 rings (SSSR count). The molecule has 0 heterocycles. The smallest absolute Gasteiger partial charge is 0.125 e. The number of aliphatic hydroxyl groups excluding tert-OH is 1. The van der Waals surface area contributed by atoms with Crippen molar-refractivity contribution in [1.29, 1.82) is 0 Å². The average molecular weight is 260 g/mol. The molecule has 14 heavy (non-hydrogen) atoms. The van der Waals surface area contributed by atoms with E-state index in [1.807, 2.05) is 19.1 Å². The van der Waals surface area contributed by atoms with Gasteiger partial charge >= 0.3 is 0 Å². The number of halogens is 1. The van der Waals surface area contributed by atoms with Crippen LogP contribution in [0.4, 0.5) is 0 Å². The third kappa shape index (κ3) is 2.26. The molecule has 3 nitrogen and oxygen atoms in total. The molecule has 0 spiro atoms. The second-order valence-electron chi connectivity index (χ2n) is 3.15. The lowest BCUT2D eigenvalue weighted by molar-refractivity contribution is 0.264. The lowest BCUT2D eigenvalue weighted by atomic mass is 10.1. The third-order valence-corrected chi connectivity index (χ3v) is 2.68. The Bertz CT molecular complexity index is 328. The second kappa shape index (κ2) is 4.77. The first kappa shape index (κ1) is 11.5. The molecule has 0 aliphatic carbocycles. The van der Waals surface area contributed by atoms with Crippen LogP contribution in [0.25, 0.3) is 0 Å². The SMILES string of the molecule is COc1cc(C)cc(Br)c1C(N)CO. The lowest BCUT2D eigenvalue weighted by Gasteiger charge is -2.16. The molecule has 0 amide bonds. The van der Waals surface area contributed by atoms with Crippen molar-refractivity contribution in [2.24, 2.45) is 5.73 Å². The molecule has 0 fully saturated rings. The van der Waals surface area contributed by atoms with Crippen LogP contribution in [0.3, 0.4) is 0 Å². The number of benzene rings is 1. The van der Waals surface area contributed by atoms with Crippen LogP contribution in [0.1, 0.15) is 17.2 Å². The van der Waals surface area contributed by atoms with E-state index < -0.39 is 6.04 Å². The first-order valence-electron chi connectivity index (χ1n) is 4.30. The summed E-state index contributed by atoms with van der Waals surface area (Å²) in [6.45, 7) is 1.87. The Balaban J connectivity index is 3.24. The van der Waals surface area contributed by atoms with Gasteiger partial charge in [0.25, 0.3) is 0 Å². The molecule has 0 aliphatic heterocycles. The van der Waals surface area contributed by atoms with Crippen LogP contribution in [-0.2, 0) is 0 Å². The Morgan fingerprint density at radius 2 is 2.21 bits per heavy atom. The summed E-state index contributed by atoms with van der Waals surface area (Å²) in [6.07, 6.45) is 0. The van der Waals surface area contributed by atoms with Gasteiger partial charge in [-0.15, -0.1) is 0 Å². The molecule has 3 N–H and O–H groups in total. The molecular formula is C10H14BrNO2. The minimum atomic E-state index is -0.417. The van der Waals surface area contributed by atoms with Crippen LogP contribution >= 0.6 is 15.9 Å². The molecule has 0 bridgehead atoms. The molecule has 78 valence electrons. The van der Waals surface area contributed by atoms with Crippen molar-refractivity contribution >= 4 is 15.9 Å². The first-order valence-corrected chi connectivity index (χ1v) is 5.10. The van der Waals surface area contributed by atoms with Crippen molar-refractivity contribution in [3.8, 4) is 5.75 Å². The van der Waals surface area contributed by atoms with Crippen LogP contribution in [0.15, 0.2) is 16.6 Å². The quantitative estimate of drug-likeness (QED) is 0.870. The number of methoxy groups -OCH3 is 1. The van der Waals surface area contributed by atoms with Gasteiger partial charge in [-0.05, 0) is 24.6 Å². The van der Waals surface area contributed by atoms with Gasteiger partial charge < -0.3 is 15.6 Å². The van der Waals surface area contributed by atoms with Gasteiger partial charge in [0.2, 0.25) is 0 Å². The summed E-state index contributed by atoms with van der Waals surface area (Å²) in [5.41, 5.74) is 7.65. The van der Waals surface area contributed by atoms with E-state index in [9.17, 15) is 0 Å². The second-order valence-corrected chi connectivity index (χ2v) is 4.01. The number of ether oxygens (including phenoxy) is 1. The van der Waals surface area contributed by atoms with Crippen molar-refractivity contribution in [2.45, 2.75) is 13.0 Å². The summed E-state index contributed by atoms with van der Waals surface area (Å²) < 4.78 is 6.08. The maximum Gasteiger partial charge on any atom is 0.125 e. The van der Waals surface area contributed by atoms with Gasteiger partial charge in [-0.2, -0.15) is 0 Å². The monoisotopic (exact) mass is 259 g/mol. The number of nitrogens with two attached hydrogens (primary N) is 1. The molecule has 4 heteroatoms. The van der Waals surface area contributed by atoms with Crippen LogP contribution in [0.5, 0.6) is 5.75 Å². The number of hydrogen-bond acceptors (Lipinski definition) is 3. The summed E-state index contributed by atoms with van der Waals surface area (Å²) in [5.74, 6) is 0.707. The molecule has 0 saturated carbocycles. The Labute approximate surface area is 92.0 Å². The topological polar surface area (TPSA) is 55.5 Å². The molecule has 1 aromatic rings. The Morgan fingerprint density at radius 1 is 1.57 bits per heavy atom. The zero-order valence-corrected chi connectivity index (χ0v) is 9.84. The first-order chi connectivity index (χ1) is 6.60. The van der Waals surface area contributed by atoms with Gasteiger partial charge in [0.1, 0.15) is 5.75 Å². The fraction of sp³-hybridized carbons (Fsp3) is 0.400. The summed E-state index contributed by atoms with van der Waals surface area (Å²) in [4.78, 5) is 0. The molecule has 0 aromatic heterocycles. The minimum Gasteiger partial charge on any atom is -0.496 e. The predicted molar refractivity (Wildman–Crippen MR) is 59.4 cm³/mol. The standard InChI is InChI=1S/C10H14BrNO2/c1-6-3-7(11)10(8(12)5-13)9(4-6)14-2/h3-4,8,13H,5,12H2,1-2H3. The van der Waals surface area contributed by atoms with Gasteiger partial charge in [-0.1, -0.05) is 15.9 Å². The summed E-state index contributed by atoms with van der Waals surface area (Å²) >= 11 is 3.41. The van der Waals surface area contributed by atoms with Gasteiger partial charge in [-0.3, -0.25) is 0 Å². The van der Waals surface area contributed by atoms with Gasteiger partial charge in [0.05, 0.1) is 19.8 Å². The maximum atomic E-state index is 9.00. The zero-order chi connectivity index (χ0) is 10.7. The summed E-state index contributed by atoms with van der Waals surface area (Å²) in [6, 6.07) is 3.43. The molecule has 1 atom stereocenters. The van der Waals surface area contributed by atoms with Gasteiger partial charge in [-0.25, -0.2) is 0 Å². The number of aliphatic hydroxyl groups is 1. The molecule has 0 radical (unpaired) electrons. The largest absolute Gasteiger partial charge is 0.496 e. The van der Waals surface area contributed by atoms with Gasteiger partial charge in [0, 0.05) is 10.0 Å². The highest BCUT2D eigenvalue weighted by Crippen LogP contribution is 2.32. The zero-order valence-electron chi connectivity index (χ0n) is 8.25. The van der Waals surface area contributed by atoms with Crippen LogP contribution in [0.2, 0.25) is 0 Å². The predicted octanol–water partition coefficient (Wildman–Crippen LogP) is 1.76. The van der Waals surface area contributed by atoms with Crippen molar-refractivity contribution in [3.05, 3.63) is 27.7 Å². The van der Waals surface area contributed by atoms with Crippen molar-refractivity contribution in [3.63, 3.8) is 0 Å². The van der Waals surface area contributed by atoms with Crippen molar-refractivity contribution in [2.75, 3.05) is 13.7 Å². The number of rotatable bonds is 3. The van der Waals surface area contributed by atoms with E-state index in [0.717, 1.165) is 15.6 Å². The van der Waals surface area contributed by atoms with E-state index in [2.05, 4.69) is 15.9 Å². The maximum absolute atomic E-state index is 9.00. The number of hydrogen-bond donors (Lipinski definition) is 2. The Kier molecular flexibility index (Phi) is 3.92. The van der Waals surface area contributed by atoms with E-state index in [1.165, 1.54) is 0 Å². The van der Waals surface area contributed by atoms with E-state index in [4.69, 9.17) is 15.6 Å². The van der Waals surface area contributed by atoms with Crippen LogP contribution in [0, 0.1) is 6.92 Å². The average Bonchev–Trinajstić information content (AvgIpc) is 2.15. The number of aryl methyl sites for hydroxylation is 1. The lowest BCUT2D eigenvalue weighted by Crippen LogP contribution is -2.16. The van der Waals surface area contributed by atoms with Crippen LogP contribution in [-0.4, -0.2) is 18.8 Å². The van der Waals surface area contributed by atoms with Crippen LogP contribution < -0.4 is 10.5 Å². The minimum absolute atomic E-state index is 0.0992.